The molecule has 0 atom stereocenters. The third-order valence-corrected chi connectivity index (χ3v) is 5.33. The van der Waals surface area contributed by atoms with Crippen LogP contribution >= 0.6 is 0 Å². The number of hydrogen-bond donors (Lipinski definition) is 2. The van der Waals surface area contributed by atoms with Crippen molar-refractivity contribution in [3.8, 4) is 0 Å². The molecular weight excluding hydrogens is 352 g/mol. The smallest absolute Gasteiger partial charge is 0.243 e. The predicted molar refractivity (Wildman–Crippen MR) is 113 cm³/mol. The van der Waals surface area contributed by atoms with Crippen molar-refractivity contribution in [2.75, 3.05) is 46.6 Å². The van der Waals surface area contributed by atoms with Gasteiger partial charge in [0.1, 0.15) is 0 Å². The molecule has 4 rings (SSSR count). The molecule has 6 nitrogen and oxygen atoms in total. The zero-order valence-electron chi connectivity index (χ0n) is 16.0. The quantitative estimate of drug-likeness (QED) is 0.808. The molecule has 2 aromatic rings. The number of hydrogen-bond acceptors (Lipinski definition) is 4. The molecule has 2 aliphatic rings. The number of benzene rings is 2. The second kappa shape index (κ2) is 8.33. The lowest BCUT2D eigenvalue weighted by Gasteiger charge is -2.20. The molecule has 2 saturated heterocycles. The molecule has 0 bridgehead atoms. The molecule has 0 radical (unpaired) electrons. The van der Waals surface area contributed by atoms with Crippen molar-refractivity contribution >= 4 is 34.6 Å². The van der Waals surface area contributed by atoms with E-state index in [2.05, 4.69) is 27.7 Å². The molecule has 0 aromatic heterocycles. The van der Waals surface area contributed by atoms with Gasteiger partial charge in [0.25, 0.3) is 0 Å². The van der Waals surface area contributed by atoms with Crippen LogP contribution in [-0.4, -0.2) is 38.0 Å². The highest BCUT2D eigenvalue weighted by Crippen LogP contribution is 2.29. The molecule has 2 aromatic carbocycles. The van der Waals surface area contributed by atoms with Gasteiger partial charge in [-0.3, -0.25) is 9.59 Å². The van der Waals surface area contributed by atoms with Gasteiger partial charge in [0, 0.05) is 37.4 Å². The Kier molecular flexibility index (Phi) is 5.46. The van der Waals surface area contributed by atoms with E-state index in [9.17, 15) is 9.59 Å². The predicted octanol–water partition coefficient (Wildman–Crippen LogP) is 3.46. The number of amides is 2. The van der Waals surface area contributed by atoms with Crippen LogP contribution in [0.25, 0.3) is 0 Å². The van der Waals surface area contributed by atoms with Crippen LogP contribution < -0.4 is 20.4 Å². The SMILES string of the molecule is O=C(CNc1ccccc1N1CCCC1=O)Nc1ccc(N2CCCC2)cc1. The standard InChI is InChI=1S/C22H26N4O2/c27-21(24-17-9-11-18(12-10-17)25-13-3-4-14-25)16-23-19-6-1-2-7-20(19)26-15-5-8-22(26)28/h1-2,6-7,9-12,23H,3-5,8,13-16H2,(H,24,27). The summed E-state index contributed by atoms with van der Waals surface area (Å²) in [5.41, 5.74) is 3.64. The number of anilines is 4. The van der Waals surface area contributed by atoms with Crippen LogP contribution in [0.3, 0.4) is 0 Å². The van der Waals surface area contributed by atoms with Gasteiger partial charge in [-0.05, 0) is 55.7 Å². The number of rotatable bonds is 6. The normalized spacial score (nSPS) is 16.5. The maximum absolute atomic E-state index is 12.4. The van der Waals surface area contributed by atoms with Crippen LogP contribution in [0.1, 0.15) is 25.7 Å². The Morgan fingerprint density at radius 3 is 2.39 bits per heavy atom. The Morgan fingerprint density at radius 1 is 0.929 bits per heavy atom. The van der Waals surface area contributed by atoms with E-state index < -0.39 is 0 Å². The van der Waals surface area contributed by atoms with Gasteiger partial charge in [-0.15, -0.1) is 0 Å². The Bertz CT molecular complexity index is 844. The van der Waals surface area contributed by atoms with Crippen molar-refractivity contribution in [3.63, 3.8) is 0 Å². The Balaban J connectivity index is 1.34. The molecule has 146 valence electrons. The van der Waals surface area contributed by atoms with E-state index in [1.807, 2.05) is 36.4 Å². The Morgan fingerprint density at radius 2 is 1.68 bits per heavy atom. The average Bonchev–Trinajstić information content (AvgIpc) is 3.39. The number of nitrogens with zero attached hydrogens (tertiary/aromatic N) is 2. The minimum Gasteiger partial charge on any atom is -0.374 e. The van der Waals surface area contributed by atoms with Gasteiger partial charge in [0.05, 0.1) is 17.9 Å². The van der Waals surface area contributed by atoms with E-state index in [4.69, 9.17) is 0 Å². The molecule has 0 aliphatic carbocycles. The summed E-state index contributed by atoms with van der Waals surface area (Å²) in [6.45, 7) is 3.09. The van der Waals surface area contributed by atoms with E-state index in [-0.39, 0.29) is 18.4 Å². The van der Waals surface area contributed by atoms with Gasteiger partial charge in [-0.2, -0.15) is 0 Å². The first kappa shape index (κ1) is 18.3. The van der Waals surface area contributed by atoms with E-state index in [0.29, 0.717) is 6.42 Å². The first-order chi connectivity index (χ1) is 13.7. The van der Waals surface area contributed by atoms with Crippen LogP contribution in [0.4, 0.5) is 22.7 Å². The second-order valence-corrected chi connectivity index (χ2v) is 7.31. The van der Waals surface area contributed by atoms with Crippen LogP contribution in [0.15, 0.2) is 48.5 Å². The summed E-state index contributed by atoms with van der Waals surface area (Å²) >= 11 is 0. The van der Waals surface area contributed by atoms with E-state index in [1.54, 1.807) is 4.90 Å². The fourth-order valence-corrected chi connectivity index (χ4v) is 3.87. The highest BCUT2D eigenvalue weighted by Gasteiger charge is 2.23. The van der Waals surface area contributed by atoms with Gasteiger partial charge in [-0.25, -0.2) is 0 Å². The summed E-state index contributed by atoms with van der Waals surface area (Å²) < 4.78 is 0. The second-order valence-electron chi connectivity index (χ2n) is 7.31. The largest absolute Gasteiger partial charge is 0.374 e. The molecule has 28 heavy (non-hydrogen) atoms. The summed E-state index contributed by atoms with van der Waals surface area (Å²) in [5, 5.41) is 6.10. The van der Waals surface area contributed by atoms with Crippen molar-refractivity contribution < 1.29 is 9.59 Å². The van der Waals surface area contributed by atoms with Gasteiger partial charge >= 0.3 is 0 Å². The van der Waals surface area contributed by atoms with Crippen LogP contribution in [-0.2, 0) is 9.59 Å². The molecule has 2 amide bonds. The van der Waals surface area contributed by atoms with E-state index >= 15 is 0 Å². The van der Waals surface area contributed by atoms with Gasteiger partial charge in [-0.1, -0.05) is 12.1 Å². The van der Waals surface area contributed by atoms with Crippen molar-refractivity contribution in [2.45, 2.75) is 25.7 Å². The van der Waals surface area contributed by atoms with Crippen molar-refractivity contribution in [1.82, 2.24) is 0 Å². The summed E-state index contributed by atoms with van der Waals surface area (Å²) in [4.78, 5) is 28.6. The third-order valence-electron chi connectivity index (χ3n) is 5.33. The van der Waals surface area contributed by atoms with Gasteiger partial charge in [0.15, 0.2) is 0 Å². The van der Waals surface area contributed by atoms with Gasteiger partial charge in [0.2, 0.25) is 11.8 Å². The fraction of sp³-hybridized carbons (Fsp3) is 0.364. The zero-order chi connectivity index (χ0) is 19.3. The molecular formula is C22H26N4O2. The molecule has 2 heterocycles. The maximum atomic E-state index is 12.4. The van der Waals surface area contributed by atoms with Crippen molar-refractivity contribution in [2.24, 2.45) is 0 Å². The molecule has 2 N–H and O–H groups in total. The average molecular weight is 378 g/mol. The molecule has 0 saturated carbocycles. The molecule has 0 spiro atoms. The maximum Gasteiger partial charge on any atom is 0.243 e. The summed E-state index contributed by atoms with van der Waals surface area (Å²) in [5.74, 6) is 0.0215. The third kappa shape index (κ3) is 4.11. The van der Waals surface area contributed by atoms with Crippen LogP contribution in [0, 0.1) is 0 Å². The monoisotopic (exact) mass is 378 g/mol. The highest BCUT2D eigenvalue weighted by atomic mass is 16.2. The molecule has 0 unspecified atom stereocenters. The number of para-hydroxylation sites is 2. The molecule has 2 fully saturated rings. The Hall–Kier alpha value is -3.02. The minimum atomic E-state index is -0.114. The lowest BCUT2D eigenvalue weighted by Crippen LogP contribution is -2.26. The van der Waals surface area contributed by atoms with Crippen molar-refractivity contribution in [3.05, 3.63) is 48.5 Å². The Labute approximate surface area is 165 Å². The van der Waals surface area contributed by atoms with Crippen molar-refractivity contribution in [1.29, 1.82) is 0 Å². The minimum absolute atomic E-state index is 0.114. The molecule has 6 heteroatoms. The number of carbonyl (C=O) groups is 2. The van der Waals surface area contributed by atoms with E-state index in [1.165, 1.54) is 18.5 Å². The van der Waals surface area contributed by atoms with E-state index in [0.717, 1.165) is 43.1 Å². The summed E-state index contributed by atoms with van der Waals surface area (Å²) in [6.07, 6.45) is 3.95. The van der Waals surface area contributed by atoms with Crippen LogP contribution in [0.5, 0.6) is 0 Å². The fourth-order valence-electron chi connectivity index (χ4n) is 3.87. The van der Waals surface area contributed by atoms with Crippen LogP contribution in [0.2, 0.25) is 0 Å². The lowest BCUT2D eigenvalue weighted by molar-refractivity contribution is -0.117. The number of carbonyl (C=O) groups excluding carboxylic acids is 2. The molecule has 2 aliphatic heterocycles. The number of nitrogens with one attached hydrogen (secondary N) is 2. The summed E-state index contributed by atoms with van der Waals surface area (Å²) in [7, 11) is 0. The zero-order valence-corrected chi connectivity index (χ0v) is 16.0. The topological polar surface area (TPSA) is 64.7 Å². The first-order valence-corrected chi connectivity index (χ1v) is 9.99. The highest BCUT2D eigenvalue weighted by molar-refractivity contribution is 5.99. The summed E-state index contributed by atoms with van der Waals surface area (Å²) in [6, 6.07) is 15.6. The lowest BCUT2D eigenvalue weighted by atomic mass is 10.2. The first-order valence-electron chi connectivity index (χ1n) is 9.99. The van der Waals surface area contributed by atoms with Gasteiger partial charge < -0.3 is 20.4 Å².